The number of likely N-dealkylation sites (tertiary alicyclic amines) is 2. The van der Waals surface area contributed by atoms with E-state index in [4.69, 9.17) is 0 Å². The summed E-state index contributed by atoms with van der Waals surface area (Å²) in [6, 6.07) is 10.7. The number of hydrogen-bond acceptors (Lipinski definition) is 9. The third kappa shape index (κ3) is 7.21. The first-order valence-corrected chi connectivity index (χ1v) is 17.7. The van der Waals surface area contributed by atoms with Crippen molar-refractivity contribution in [3.8, 4) is 5.75 Å². The zero-order valence-electron chi connectivity index (χ0n) is 26.3. The van der Waals surface area contributed by atoms with Crippen LogP contribution >= 0.6 is 22.7 Å². The van der Waals surface area contributed by atoms with E-state index in [1.807, 2.05) is 28.5 Å². The van der Waals surface area contributed by atoms with Crippen LogP contribution in [0.15, 0.2) is 46.6 Å². The van der Waals surface area contributed by atoms with Crippen molar-refractivity contribution in [2.75, 3.05) is 39.3 Å². The van der Waals surface area contributed by atoms with Gasteiger partial charge >= 0.3 is 4.87 Å². The van der Waals surface area contributed by atoms with Crippen LogP contribution in [0, 0.1) is 5.41 Å². The lowest BCUT2D eigenvalue weighted by molar-refractivity contribution is 0.0195. The number of nitrogens with one attached hydrogen (secondary N) is 2. The zero-order valence-corrected chi connectivity index (χ0v) is 27.9. The first-order chi connectivity index (χ1) is 22.1. The van der Waals surface area contributed by atoms with Gasteiger partial charge in [0.25, 0.3) is 5.91 Å². The summed E-state index contributed by atoms with van der Waals surface area (Å²) in [5.74, 6) is 0.328. The number of amides is 1. The number of carbonyl (C=O) groups excluding carboxylic acids is 1. The summed E-state index contributed by atoms with van der Waals surface area (Å²) in [5, 5.41) is 26.7. The van der Waals surface area contributed by atoms with E-state index in [0.717, 1.165) is 80.3 Å². The number of aromatic nitrogens is 2. The third-order valence-electron chi connectivity index (χ3n) is 9.43. The Labute approximate surface area is 276 Å². The lowest BCUT2D eigenvalue weighted by atomic mass is 9.72. The van der Waals surface area contributed by atoms with Gasteiger partial charge in [0.05, 0.1) is 15.8 Å². The minimum Gasteiger partial charge on any atom is -0.506 e. The first kappa shape index (κ1) is 32.8. The summed E-state index contributed by atoms with van der Waals surface area (Å²) in [5.41, 5.74) is 3.20. The van der Waals surface area contributed by atoms with Crippen LogP contribution in [-0.2, 0) is 6.54 Å². The van der Waals surface area contributed by atoms with Crippen LogP contribution in [0.4, 0.5) is 4.39 Å². The van der Waals surface area contributed by atoms with Gasteiger partial charge < -0.3 is 25.4 Å². The molecule has 2 aromatic heterocycles. The van der Waals surface area contributed by atoms with Gasteiger partial charge in [-0.2, -0.15) is 0 Å². The Morgan fingerprint density at radius 2 is 1.96 bits per heavy atom. The SMILES string of the molecule is CC(C)c1nc(C(=O)N2CCCC3(CCN(Cc4cccc(C(F)CNC[C@H](O)c5ccc(O)c6[nH]c(=O)sc56)c4)CC3)C2)cs1. The van der Waals surface area contributed by atoms with Crippen LogP contribution in [0.5, 0.6) is 5.75 Å². The second kappa shape index (κ2) is 13.9. The summed E-state index contributed by atoms with van der Waals surface area (Å²) in [4.78, 5) is 36.4. The van der Waals surface area contributed by atoms with E-state index in [2.05, 4.69) is 34.0 Å². The second-order valence-electron chi connectivity index (χ2n) is 13.1. The fourth-order valence-corrected chi connectivity index (χ4v) is 8.54. The molecule has 1 spiro atoms. The standard InChI is InChI=1S/C34H42FN5O4S2/c1-21(2)31-37-26(19-45-31)32(43)40-12-4-9-34(20-40)10-13-39(14-11-34)18-22-5-3-6-23(15-22)25(35)16-36-17-28(42)24-7-8-27(41)29-30(24)46-33(44)38-29/h3,5-8,15,19,21,25,28,36,41-42H,4,9-14,16-18,20H2,1-2H3,(H,38,44)/t25?,28-/m0/s1. The number of alkyl halides is 1. The molecule has 0 radical (unpaired) electrons. The van der Waals surface area contributed by atoms with Crippen molar-refractivity contribution in [1.82, 2.24) is 25.1 Å². The van der Waals surface area contributed by atoms with Crippen LogP contribution < -0.4 is 10.2 Å². The number of aromatic hydroxyl groups is 1. The van der Waals surface area contributed by atoms with E-state index in [1.165, 1.54) is 6.07 Å². The maximum Gasteiger partial charge on any atom is 0.305 e. The maximum absolute atomic E-state index is 15.3. The fourth-order valence-electron chi connectivity index (χ4n) is 6.81. The number of H-pyrrole nitrogens is 1. The number of piperidine rings is 2. The summed E-state index contributed by atoms with van der Waals surface area (Å²) in [7, 11) is 0. The number of halogens is 1. The van der Waals surface area contributed by atoms with E-state index in [1.54, 1.807) is 23.5 Å². The molecule has 46 heavy (non-hydrogen) atoms. The van der Waals surface area contributed by atoms with Crippen molar-refractivity contribution in [3.63, 3.8) is 0 Å². The van der Waals surface area contributed by atoms with E-state index >= 15 is 4.39 Å². The molecule has 6 rings (SSSR count). The average Bonchev–Trinajstić information content (AvgIpc) is 3.70. The van der Waals surface area contributed by atoms with Crippen LogP contribution in [0.3, 0.4) is 0 Å². The summed E-state index contributed by atoms with van der Waals surface area (Å²) in [6.07, 6.45) is 2.02. The molecule has 2 aromatic carbocycles. The number of phenolic OH excluding ortho intramolecular Hbond substituents is 1. The molecule has 0 bridgehead atoms. The molecule has 2 fully saturated rings. The van der Waals surface area contributed by atoms with Gasteiger partial charge in [-0.25, -0.2) is 9.37 Å². The normalized spacial score (nSPS) is 18.4. The monoisotopic (exact) mass is 667 g/mol. The number of thiazole rings is 2. The Morgan fingerprint density at radius 1 is 1.15 bits per heavy atom. The molecule has 2 atom stereocenters. The van der Waals surface area contributed by atoms with Gasteiger partial charge in [-0.3, -0.25) is 14.5 Å². The molecule has 4 heterocycles. The van der Waals surface area contributed by atoms with E-state index in [0.29, 0.717) is 33.0 Å². The molecule has 1 unspecified atom stereocenters. The molecule has 2 aliphatic heterocycles. The molecule has 4 N–H and O–H groups in total. The molecule has 246 valence electrons. The van der Waals surface area contributed by atoms with Gasteiger partial charge in [-0.05, 0) is 61.4 Å². The number of aliphatic hydroxyl groups excluding tert-OH is 1. The van der Waals surface area contributed by atoms with Crippen LogP contribution in [0.1, 0.15) is 89.9 Å². The quantitative estimate of drug-likeness (QED) is 0.171. The number of hydrogen-bond donors (Lipinski definition) is 4. The Balaban J connectivity index is 0.990. The highest BCUT2D eigenvalue weighted by molar-refractivity contribution is 7.16. The number of phenols is 1. The zero-order chi connectivity index (χ0) is 32.4. The lowest BCUT2D eigenvalue weighted by Gasteiger charge is -2.47. The number of carbonyl (C=O) groups is 1. The Morgan fingerprint density at radius 3 is 2.72 bits per heavy atom. The summed E-state index contributed by atoms with van der Waals surface area (Å²) >= 11 is 2.49. The second-order valence-corrected chi connectivity index (χ2v) is 15.0. The minimum atomic E-state index is -1.25. The van der Waals surface area contributed by atoms with Crippen molar-refractivity contribution in [2.45, 2.75) is 64.3 Å². The predicted molar refractivity (Wildman–Crippen MR) is 181 cm³/mol. The first-order valence-electron chi connectivity index (χ1n) is 16.0. The Kier molecular flexibility index (Phi) is 9.91. The molecule has 2 saturated heterocycles. The van der Waals surface area contributed by atoms with Crippen molar-refractivity contribution >= 4 is 38.8 Å². The number of aromatic amines is 1. The van der Waals surface area contributed by atoms with Crippen molar-refractivity contribution in [2.24, 2.45) is 5.41 Å². The summed E-state index contributed by atoms with van der Waals surface area (Å²) < 4.78 is 15.8. The van der Waals surface area contributed by atoms with Gasteiger partial charge in [0.2, 0.25) is 0 Å². The number of benzene rings is 2. The van der Waals surface area contributed by atoms with E-state index in [9.17, 15) is 19.8 Å². The van der Waals surface area contributed by atoms with Gasteiger partial charge in [-0.15, -0.1) is 11.3 Å². The highest BCUT2D eigenvalue weighted by atomic mass is 32.1. The number of nitrogens with zero attached hydrogens (tertiary/aromatic N) is 3. The van der Waals surface area contributed by atoms with Gasteiger partial charge in [0.1, 0.15) is 23.1 Å². The minimum absolute atomic E-state index is 0.0340. The van der Waals surface area contributed by atoms with E-state index in [-0.39, 0.29) is 35.0 Å². The van der Waals surface area contributed by atoms with Gasteiger partial charge in [0, 0.05) is 49.6 Å². The number of aliphatic hydroxyl groups is 1. The maximum atomic E-state index is 15.3. The summed E-state index contributed by atoms with van der Waals surface area (Å²) in [6.45, 7) is 8.56. The topological polar surface area (TPSA) is 122 Å². The fraction of sp³-hybridized carbons (Fsp3) is 0.500. The number of fused-ring (bicyclic) bond motifs is 1. The highest BCUT2D eigenvalue weighted by Crippen LogP contribution is 2.41. The molecule has 1 amide bonds. The molecule has 2 aliphatic rings. The smallest absolute Gasteiger partial charge is 0.305 e. The molecule has 4 aromatic rings. The molecular formula is C34H42FN5O4S2. The number of rotatable bonds is 10. The molecule has 0 saturated carbocycles. The van der Waals surface area contributed by atoms with Gasteiger partial charge in [-0.1, -0.05) is 55.5 Å². The van der Waals surface area contributed by atoms with Crippen LogP contribution in [0.25, 0.3) is 10.2 Å². The van der Waals surface area contributed by atoms with Crippen molar-refractivity contribution in [1.29, 1.82) is 0 Å². The van der Waals surface area contributed by atoms with Crippen molar-refractivity contribution < 1.29 is 19.4 Å². The highest BCUT2D eigenvalue weighted by Gasteiger charge is 2.40. The Bertz CT molecular complexity index is 1730. The van der Waals surface area contributed by atoms with Gasteiger partial charge in [0.15, 0.2) is 0 Å². The van der Waals surface area contributed by atoms with Crippen LogP contribution in [0.2, 0.25) is 0 Å². The predicted octanol–water partition coefficient (Wildman–Crippen LogP) is 5.73. The Hall–Kier alpha value is -3.16. The average molecular weight is 668 g/mol. The van der Waals surface area contributed by atoms with E-state index < -0.39 is 12.3 Å². The largest absolute Gasteiger partial charge is 0.506 e. The molecule has 0 aliphatic carbocycles. The lowest BCUT2D eigenvalue weighted by Crippen LogP contribution is -2.51. The third-order valence-corrected chi connectivity index (χ3v) is 11.5. The molecule has 9 nitrogen and oxygen atoms in total. The molecular weight excluding hydrogens is 626 g/mol. The van der Waals surface area contributed by atoms with Crippen LogP contribution in [-0.4, -0.2) is 75.2 Å². The van der Waals surface area contributed by atoms with Crippen molar-refractivity contribution in [3.05, 3.63) is 78.8 Å². The molecule has 12 heteroatoms.